The molecular formula is C30H36N6O5. The van der Waals surface area contributed by atoms with Gasteiger partial charge in [-0.2, -0.15) is 0 Å². The average molecular weight is 561 g/mol. The minimum absolute atomic E-state index is 0.134. The van der Waals surface area contributed by atoms with E-state index in [1.54, 1.807) is 51.9 Å². The predicted molar refractivity (Wildman–Crippen MR) is 157 cm³/mol. The predicted octanol–water partition coefficient (Wildman–Crippen LogP) is 3.54. The van der Waals surface area contributed by atoms with Crippen LogP contribution in [-0.2, 0) is 11.3 Å². The van der Waals surface area contributed by atoms with Gasteiger partial charge < -0.3 is 20.9 Å². The lowest BCUT2D eigenvalue weighted by Gasteiger charge is -2.33. The smallest absolute Gasteiger partial charge is 0.331 e. The van der Waals surface area contributed by atoms with Crippen LogP contribution in [0.5, 0.6) is 0 Å². The summed E-state index contributed by atoms with van der Waals surface area (Å²) in [5.74, 6) is -0.145. The summed E-state index contributed by atoms with van der Waals surface area (Å²) >= 11 is 0. The first-order valence-corrected chi connectivity index (χ1v) is 14.1. The molecule has 1 aliphatic heterocycles. The second kappa shape index (κ2) is 11.6. The molecule has 4 amide bonds. The second-order valence-electron chi connectivity index (χ2n) is 11.3. The number of rotatable bonds is 7. The van der Waals surface area contributed by atoms with Crippen molar-refractivity contribution in [3.8, 4) is 0 Å². The summed E-state index contributed by atoms with van der Waals surface area (Å²) in [7, 11) is 0. The van der Waals surface area contributed by atoms with Gasteiger partial charge in [-0.3, -0.25) is 23.5 Å². The van der Waals surface area contributed by atoms with E-state index in [4.69, 9.17) is 0 Å². The van der Waals surface area contributed by atoms with E-state index in [-0.39, 0.29) is 41.2 Å². The fourth-order valence-corrected chi connectivity index (χ4v) is 5.37. The number of hydrogen-bond donors (Lipinski definition) is 3. The molecule has 0 radical (unpaired) electrons. The first kappa shape index (κ1) is 28.1. The molecule has 11 heteroatoms. The number of amides is 4. The highest BCUT2D eigenvalue weighted by Gasteiger charge is 2.27. The van der Waals surface area contributed by atoms with Crippen molar-refractivity contribution in [3.63, 3.8) is 0 Å². The maximum absolute atomic E-state index is 13.3. The maximum atomic E-state index is 13.3. The van der Waals surface area contributed by atoms with Gasteiger partial charge in [-0.05, 0) is 81.8 Å². The number of nitrogens with zero attached hydrogens (tertiary/aromatic N) is 3. The standard InChI is InChI=1S/C30H36N6O5/c1-18(2)36-26-12-11-23(15-25(26)28(39)35(30(36)41)16-20-9-10-20)33-29(40)34-13-5-8-24(17-34)32-27(38)21-6-4-7-22(14-21)31-19(3)37/h4,6-7,11-12,14-15,18,20,24H,5,8-10,13,16-17H2,1-3H3,(H,31,37)(H,32,38)(H,33,40)/t24-/m1/s1. The van der Waals surface area contributed by atoms with Crippen LogP contribution in [-0.4, -0.2) is 51.0 Å². The molecule has 1 aliphatic carbocycles. The summed E-state index contributed by atoms with van der Waals surface area (Å²) in [6.45, 7) is 6.50. The van der Waals surface area contributed by atoms with Gasteiger partial charge in [0.05, 0.1) is 10.9 Å². The number of fused-ring (bicyclic) bond motifs is 1. The third kappa shape index (κ3) is 6.34. The van der Waals surface area contributed by atoms with Crippen LogP contribution >= 0.6 is 0 Å². The number of urea groups is 1. The van der Waals surface area contributed by atoms with E-state index in [1.807, 2.05) is 13.8 Å². The highest BCUT2D eigenvalue weighted by atomic mass is 16.2. The van der Waals surface area contributed by atoms with Crippen LogP contribution in [0.3, 0.4) is 0 Å². The Hall–Kier alpha value is -4.41. The summed E-state index contributed by atoms with van der Waals surface area (Å²) < 4.78 is 2.96. The molecule has 2 fully saturated rings. The first-order chi connectivity index (χ1) is 19.6. The van der Waals surface area contributed by atoms with Gasteiger partial charge in [-0.15, -0.1) is 0 Å². The fourth-order valence-electron chi connectivity index (χ4n) is 5.37. The second-order valence-corrected chi connectivity index (χ2v) is 11.3. The van der Waals surface area contributed by atoms with Crippen LogP contribution < -0.4 is 27.2 Å². The van der Waals surface area contributed by atoms with Crippen LogP contribution in [0.4, 0.5) is 16.2 Å². The molecule has 1 aromatic heterocycles. The molecule has 41 heavy (non-hydrogen) atoms. The number of likely N-dealkylation sites (tertiary alicyclic amines) is 1. The van der Waals surface area contributed by atoms with Crippen LogP contribution in [0.1, 0.15) is 62.9 Å². The van der Waals surface area contributed by atoms with Gasteiger partial charge in [0.25, 0.3) is 11.5 Å². The van der Waals surface area contributed by atoms with Crippen molar-refractivity contribution >= 4 is 40.1 Å². The summed E-state index contributed by atoms with van der Waals surface area (Å²) in [5, 5.41) is 8.95. The number of carbonyl (C=O) groups is 3. The molecule has 0 spiro atoms. The van der Waals surface area contributed by atoms with Gasteiger partial charge in [0.2, 0.25) is 5.91 Å². The van der Waals surface area contributed by atoms with Crippen LogP contribution in [0.15, 0.2) is 52.1 Å². The minimum atomic E-state index is -0.340. The Morgan fingerprint density at radius 3 is 2.44 bits per heavy atom. The van der Waals surface area contributed by atoms with Crippen LogP contribution in [0.25, 0.3) is 10.9 Å². The number of aromatic nitrogens is 2. The monoisotopic (exact) mass is 560 g/mol. The minimum Gasteiger partial charge on any atom is -0.348 e. The van der Waals surface area contributed by atoms with Crippen molar-refractivity contribution in [2.24, 2.45) is 5.92 Å². The van der Waals surface area contributed by atoms with Gasteiger partial charge >= 0.3 is 11.7 Å². The number of nitrogens with one attached hydrogen (secondary N) is 3. The molecular weight excluding hydrogens is 524 g/mol. The Balaban J connectivity index is 1.30. The largest absolute Gasteiger partial charge is 0.348 e. The molecule has 3 aromatic rings. The third-order valence-electron chi connectivity index (χ3n) is 7.56. The summed E-state index contributed by atoms with van der Waals surface area (Å²) in [4.78, 5) is 65.5. The van der Waals surface area contributed by atoms with Crippen molar-refractivity contribution in [1.29, 1.82) is 0 Å². The normalized spacial score (nSPS) is 17.0. The van der Waals surface area contributed by atoms with Gasteiger partial charge in [-0.1, -0.05) is 6.07 Å². The van der Waals surface area contributed by atoms with E-state index in [9.17, 15) is 24.0 Å². The van der Waals surface area contributed by atoms with E-state index < -0.39 is 0 Å². The lowest BCUT2D eigenvalue weighted by atomic mass is 10.1. The molecule has 0 unspecified atom stereocenters. The molecule has 5 rings (SSSR count). The van der Waals surface area contributed by atoms with Crippen molar-refractivity contribution in [1.82, 2.24) is 19.4 Å². The summed E-state index contributed by atoms with van der Waals surface area (Å²) in [6, 6.07) is 11.1. The molecule has 1 saturated heterocycles. The Morgan fingerprint density at radius 1 is 0.976 bits per heavy atom. The van der Waals surface area contributed by atoms with E-state index in [0.29, 0.717) is 59.8 Å². The summed E-state index contributed by atoms with van der Waals surface area (Å²) in [6.07, 6.45) is 3.48. The quantitative estimate of drug-likeness (QED) is 0.406. The fraction of sp³-hybridized carbons (Fsp3) is 0.433. The average Bonchev–Trinajstić information content (AvgIpc) is 3.75. The Kier molecular flexibility index (Phi) is 7.96. The van der Waals surface area contributed by atoms with Crippen molar-refractivity contribution in [2.45, 2.75) is 65.1 Å². The number of carbonyl (C=O) groups excluding carboxylic acids is 3. The summed E-state index contributed by atoms with van der Waals surface area (Å²) in [5.41, 5.74) is 1.32. The SMILES string of the molecule is CC(=O)Nc1cccc(C(=O)N[C@@H]2CCCN(C(=O)Nc3ccc4c(c3)c(=O)n(CC3CC3)c(=O)n4C(C)C)C2)c1. The molecule has 3 N–H and O–H groups in total. The lowest BCUT2D eigenvalue weighted by molar-refractivity contribution is -0.114. The Morgan fingerprint density at radius 2 is 1.73 bits per heavy atom. The molecule has 1 saturated carbocycles. The number of anilines is 2. The Bertz CT molecular complexity index is 1620. The Labute approximate surface area is 237 Å². The zero-order valence-electron chi connectivity index (χ0n) is 23.6. The van der Waals surface area contributed by atoms with E-state index in [1.165, 1.54) is 11.5 Å². The number of benzene rings is 2. The molecule has 2 aliphatic rings. The molecule has 216 valence electrons. The van der Waals surface area contributed by atoms with Gasteiger partial charge in [0.15, 0.2) is 0 Å². The highest BCUT2D eigenvalue weighted by molar-refractivity contribution is 5.97. The van der Waals surface area contributed by atoms with Gasteiger partial charge in [0.1, 0.15) is 0 Å². The third-order valence-corrected chi connectivity index (χ3v) is 7.56. The zero-order valence-corrected chi connectivity index (χ0v) is 23.6. The molecule has 1 atom stereocenters. The van der Waals surface area contributed by atoms with Crippen LogP contribution in [0, 0.1) is 5.92 Å². The highest BCUT2D eigenvalue weighted by Crippen LogP contribution is 2.30. The van der Waals surface area contributed by atoms with Gasteiger partial charge in [0, 0.05) is 55.6 Å². The number of piperidine rings is 1. The van der Waals surface area contributed by atoms with E-state index >= 15 is 0 Å². The topological polar surface area (TPSA) is 135 Å². The molecule has 11 nitrogen and oxygen atoms in total. The van der Waals surface area contributed by atoms with Gasteiger partial charge in [-0.25, -0.2) is 9.59 Å². The maximum Gasteiger partial charge on any atom is 0.331 e. The van der Waals surface area contributed by atoms with Crippen LogP contribution in [0.2, 0.25) is 0 Å². The van der Waals surface area contributed by atoms with E-state index in [0.717, 1.165) is 19.3 Å². The van der Waals surface area contributed by atoms with Crippen molar-refractivity contribution < 1.29 is 14.4 Å². The van der Waals surface area contributed by atoms with E-state index in [2.05, 4.69) is 16.0 Å². The molecule has 2 heterocycles. The number of hydrogen-bond acceptors (Lipinski definition) is 5. The molecule has 0 bridgehead atoms. The van der Waals surface area contributed by atoms with Crippen molar-refractivity contribution in [3.05, 3.63) is 68.9 Å². The molecule has 2 aromatic carbocycles. The van der Waals surface area contributed by atoms with Crippen molar-refractivity contribution in [2.75, 3.05) is 23.7 Å². The first-order valence-electron chi connectivity index (χ1n) is 14.1. The zero-order chi connectivity index (χ0) is 29.3. The lowest BCUT2D eigenvalue weighted by Crippen LogP contribution is -2.50.